The van der Waals surface area contributed by atoms with Gasteiger partial charge < -0.3 is 10.6 Å². The molecule has 1 saturated heterocycles. The second-order valence-corrected chi connectivity index (χ2v) is 6.61. The number of halogens is 1. The maximum Gasteiger partial charge on any atom is 0.322 e. The average Bonchev–Trinajstić information content (AvgIpc) is 3.35. The first-order valence-electron chi connectivity index (χ1n) is 8.54. The first-order chi connectivity index (χ1) is 13.5. The maximum atomic E-state index is 12.7. The molecule has 3 aromatic rings. The second-order valence-electron chi connectivity index (χ2n) is 6.21. The Morgan fingerprint density at radius 1 is 1.29 bits per heavy atom. The van der Waals surface area contributed by atoms with Crippen LogP contribution in [0.5, 0.6) is 0 Å². The molecule has 9 nitrogen and oxygen atoms in total. The molecular weight excluding hydrogens is 382 g/mol. The third-order valence-electron chi connectivity index (χ3n) is 4.51. The number of carbonyl (C=O) groups excluding carboxylic acids is 2. The number of carbonyl (C=O) groups is 2. The minimum absolute atomic E-state index is 0.146. The minimum atomic E-state index is -0.348. The zero-order valence-electron chi connectivity index (χ0n) is 14.9. The molecule has 1 aliphatic heterocycles. The Morgan fingerprint density at radius 2 is 2.14 bits per heavy atom. The maximum absolute atomic E-state index is 12.7. The van der Waals surface area contributed by atoms with Crippen molar-refractivity contribution in [2.45, 2.75) is 6.92 Å². The number of nitrogens with zero attached hydrogens (tertiary/aromatic N) is 5. The van der Waals surface area contributed by atoms with Crippen LogP contribution in [0.2, 0.25) is 5.02 Å². The number of hydrogen-bond donors (Lipinski definition) is 2. The van der Waals surface area contributed by atoms with Crippen LogP contribution in [0.3, 0.4) is 0 Å². The number of urea groups is 1. The van der Waals surface area contributed by atoms with E-state index >= 15 is 0 Å². The van der Waals surface area contributed by atoms with Gasteiger partial charge in [0.2, 0.25) is 0 Å². The Hall–Kier alpha value is -3.46. The summed E-state index contributed by atoms with van der Waals surface area (Å²) in [6.45, 7) is 3.04. The number of anilines is 2. The quantitative estimate of drug-likeness (QED) is 0.703. The Morgan fingerprint density at radius 3 is 2.82 bits per heavy atom. The van der Waals surface area contributed by atoms with Crippen LogP contribution < -0.4 is 15.5 Å². The van der Waals surface area contributed by atoms with E-state index in [9.17, 15) is 9.59 Å². The first kappa shape index (κ1) is 17.9. The predicted molar refractivity (Wildman–Crippen MR) is 104 cm³/mol. The molecule has 0 saturated carbocycles. The van der Waals surface area contributed by atoms with Crippen LogP contribution in [0.25, 0.3) is 5.69 Å². The highest BCUT2D eigenvalue weighted by atomic mass is 35.5. The number of benzene rings is 2. The topological polar surface area (TPSA) is 105 Å². The van der Waals surface area contributed by atoms with Gasteiger partial charge in [0.15, 0.2) is 0 Å². The van der Waals surface area contributed by atoms with Crippen LogP contribution in [0, 0.1) is 6.92 Å². The summed E-state index contributed by atoms with van der Waals surface area (Å²) >= 11 is 6.30. The zero-order chi connectivity index (χ0) is 19.7. The Labute approximate surface area is 165 Å². The van der Waals surface area contributed by atoms with Gasteiger partial charge >= 0.3 is 6.03 Å². The molecule has 2 N–H and O–H groups in total. The van der Waals surface area contributed by atoms with Crippen molar-refractivity contribution in [3.05, 3.63) is 58.9 Å². The molecule has 1 aromatic heterocycles. The summed E-state index contributed by atoms with van der Waals surface area (Å²) in [7, 11) is 0. The average molecular weight is 398 g/mol. The monoisotopic (exact) mass is 397 g/mol. The predicted octanol–water partition coefficient (Wildman–Crippen LogP) is 2.41. The molecule has 0 bridgehead atoms. The van der Waals surface area contributed by atoms with Crippen molar-refractivity contribution in [1.29, 1.82) is 0 Å². The SMILES string of the molecule is Cc1c(NC(=O)c2ccc(-n3cnnn3)cc2Cl)cccc1N1CCNC1=O. The molecule has 0 atom stereocenters. The summed E-state index contributed by atoms with van der Waals surface area (Å²) in [5.74, 6) is -0.348. The van der Waals surface area contributed by atoms with Crippen molar-refractivity contribution in [2.75, 3.05) is 23.3 Å². The van der Waals surface area contributed by atoms with Crippen molar-refractivity contribution < 1.29 is 9.59 Å². The molecule has 142 valence electrons. The lowest BCUT2D eigenvalue weighted by atomic mass is 10.1. The van der Waals surface area contributed by atoms with E-state index < -0.39 is 0 Å². The summed E-state index contributed by atoms with van der Waals surface area (Å²) in [6, 6.07) is 10.2. The van der Waals surface area contributed by atoms with E-state index in [1.165, 1.54) is 11.0 Å². The third-order valence-corrected chi connectivity index (χ3v) is 4.82. The van der Waals surface area contributed by atoms with Gasteiger partial charge in [-0.2, -0.15) is 0 Å². The minimum Gasteiger partial charge on any atom is -0.336 e. The molecule has 1 aliphatic rings. The standard InChI is InChI=1S/C18H16ClN7O2/c1-11-15(3-2-4-16(11)25-8-7-20-18(25)28)22-17(27)13-6-5-12(9-14(13)19)26-10-21-23-24-26/h2-6,9-10H,7-8H2,1H3,(H,20,28)(H,22,27). The van der Waals surface area contributed by atoms with Crippen molar-refractivity contribution in [1.82, 2.24) is 25.5 Å². The molecule has 1 fully saturated rings. The lowest BCUT2D eigenvalue weighted by Crippen LogP contribution is -2.28. The Balaban J connectivity index is 1.58. The molecule has 3 amide bonds. The normalized spacial score (nSPS) is 13.5. The number of hydrogen-bond acceptors (Lipinski definition) is 5. The first-order valence-corrected chi connectivity index (χ1v) is 8.91. The summed E-state index contributed by atoms with van der Waals surface area (Å²) in [6.07, 6.45) is 1.44. The summed E-state index contributed by atoms with van der Waals surface area (Å²) in [5, 5.41) is 16.9. The van der Waals surface area contributed by atoms with Gasteiger partial charge in [0.1, 0.15) is 6.33 Å². The van der Waals surface area contributed by atoms with Crippen LogP contribution in [0.4, 0.5) is 16.2 Å². The van der Waals surface area contributed by atoms with Crippen LogP contribution >= 0.6 is 11.6 Å². The molecule has 2 aromatic carbocycles. The van der Waals surface area contributed by atoms with Crippen molar-refractivity contribution in [2.24, 2.45) is 0 Å². The highest BCUT2D eigenvalue weighted by molar-refractivity contribution is 6.34. The van der Waals surface area contributed by atoms with Crippen LogP contribution in [-0.2, 0) is 0 Å². The largest absolute Gasteiger partial charge is 0.336 e. The van der Waals surface area contributed by atoms with E-state index in [1.54, 1.807) is 35.2 Å². The molecule has 2 heterocycles. The molecule has 10 heteroatoms. The number of tetrazole rings is 1. The number of rotatable bonds is 4. The highest BCUT2D eigenvalue weighted by Gasteiger charge is 2.23. The van der Waals surface area contributed by atoms with E-state index in [4.69, 9.17) is 11.6 Å². The summed E-state index contributed by atoms with van der Waals surface area (Å²) in [5.41, 5.74) is 3.14. The molecule has 0 radical (unpaired) electrons. The smallest absolute Gasteiger partial charge is 0.322 e. The van der Waals surface area contributed by atoms with Gasteiger partial charge in [0.05, 0.1) is 22.0 Å². The fourth-order valence-electron chi connectivity index (χ4n) is 3.05. The second kappa shape index (κ2) is 7.28. The molecule has 0 unspecified atom stereocenters. The van der Waals surface area contributed by atoms with E-state index in [0.717, 1.165) is 11.3 Å². The third kappa shape index (κ3) is 3.27. The lowest BCUT2D eigenvalue weighted by molar-refractivity contribution is 0.102. The van der Waals surface area contributed by atoms with Crippen molar-refractivity contribution in [3.8, 4) is 5.69 Å². The number of aromatic nitrogens is 4. The Kier molecular flexibility index (Phi) is 4.66. The van der Waals surface area contributed by atoms with Crippen LogP contribution in [0.15, 0.2) is 42.7 Å². The van der Waals surface area contributed by atoms with Gasteiger partial charge in [0, 0.05) is 18.8 Å². The van der Waals surface area contributed by atoms with E-state index in [0.29, 0.717) is 30.0 Å². The molecule has 0 aliphatic carbocycles. The molecule has 0 spiro atoms. The van der Waals surface area contributed by atoms with Crippen molar-refractivity contribution >= 4 is 34.9 Å². The van der Waals surface area contributed by atoms with Gasteiger partial charge in [-0.3, -0.25) is 9.69 Å². The van der Waals surface area contributed by atoms with Gasteiger partial charge in [-0.05, 0) is 53.2 Å². The van der Waals surface area contributed by atoms with Crippen molar-refractivity contribution in [3.63, 3.8) is 0 Å². The molecule has 4 rings (SSSR count). The van der Waals surface area contributed by atoms with E-state index in [-0.39, 0.29) is 17.0 Å². The lowest BCUT2D eigenvalue weighted by Gasteiger charge is -2.19. The highest BCUT2D eigenvalue weighted by Crippen LogP contribution is 2.29. The van der Waals surface area contributed by atoms with E-state index in [1.807, 2.05) is 13.0 Å². The Bertz CT molecular complexity index is 1050. The van der Waals surface area contributed by atoms with Gasteiger partial charge in [0.25, 0.3) is 5.91 Å². The fourth-order valence-corrected chi connectivity index (χ4v) is 3.31. The van der Waals surface area contributed by atoms with Gasteiger partial charge in [-0.25, -0.2) is 9.48 Å². The molecular formula is C18H16ClN7O2. The number of nitrogens with one attached hydrogen (secondary N) is 2. The number of amides is 3. The van der Waals surface area contributed by atoms with Crippen LogP contribution in [0.1, 0.15) is 15.9 Å². The van der Waals surface area contributed by atoms with Gasteiger partial charge in [-0.15, -0.1) is 5.10 Å². The van der Waals surface area contributed by atoms with E-state index in [2.05, 4.69) is 26.2 Å². The summed E-state index contributed by atoms with van der Waals surface area (Å²) < 4.78 is 1.45. The molecule has 28 heavy (non-hydrogen) atoms. The fraction of sp³-hybridized carbons (Fsp3) is 0.167. The van der Waals surface area contributed by atoms with Crippen LogP contribution in [-0.4, -0.2) is 45.2 Å². The summed E-state index contributed by atoms with van der Waals surface area (Å²) in [4.78, 5) is 26.3. The van der Waals surface area contributed by atoms with Gasteiger partial charge in [-0.1, -0.05) is 17.7 Å². The zero-order valence-corrected chi connectivity index (χ0v) is 15.6.